The smallest absolute Gasteiger partial charge is 0.337 e. The molecular formula is C23H28N4O3S. The second kappa shape index (κ2) is 10.4. The molecule has 3 rings (SSSR count). The van der Waals surface area contributed by atoms with E-state index in [0.717, 1.165) is 43.9 Å². The van der Waals surface area contributed by atoms with E-state index in [9.17, 15) is 9.59 Å². The number of hydrogen-bond donors (Lipinski definition) is 2. The lowest BCUT2D eigenvalue weighted by molar-refractivity contribution is 0.0600. The summed E-state index contributed by atoms with van der Waals surface area (Å²) in [6, 6.07) is 12.7. The van der Waals surface area contributed by atoms with E-state index in [4.69, 9.17) is 17.0 Å². The molecule has 164 valence electrons. The Morgan fingerprint density at radius 2 is 1.68 bits per heavy atom. The summed E-state index contributed by atoms with van der Waals surface area (Å²) in [6.07, 6.45) is 0.910. The predicted octanol–water partition coefficient (Wildman–Crippen LogP) is 2.91. The molecule has 1 saturated heterocycles. The van der Waals surface area contributed by atoms with E-state index in [1.807, 2.05) is 18.2 Å². The highest BCUT2D eigenvalue weighted by molar-refractivity contribution is 7.80. The van der Waals surface area contributed by atoms with Crippen LogP contribution >= 0.6 is 12.2 Å². The van der Waals surface area contributed by atoms with Gasteiger partial charge in [-0.25, -0.2) is 4.79 Å². The zero-order chi connectivity index (χ0) is 22.4. The number of methoxy groups -OCH3 is 1. The van der Waals surface area contributed by atoms with Crippen molar-refractivity contribution >= 4 is 40.6 Å². The lowest BCUT2D eigenvalue weighted by atomic mass is 10.1. The molecule has 1 amide bonds. The third kappa shape index (κ3) is 5.80. The van der Waals surface area contributed by atoms with Gasteiger partial charge >= 0.3 is 5.97 Å². The Kier molecular flexibility index (Phi) is 7.59. The van der Waals surface area contributed by atoms with E-state index >= 15 is 0 Å². The number of anilines is 2. The first-order valence-corrected chi connectivity index (χ1v) is 10.7. The van der Waals surface area contributed by atoms with Crippen LogP contribution in [0.25, 0.3) is 0 Å². The lowest BCUT2D eigenvalue weighted by Gasteiger charge is -2.35. The highest BCUT2D eigenvalue weighted by Crippen LogP contribution is 2.28. The summed E-state index contributed by atoms with van der Waals surface area (Å²) in [6.45, 7) is 5.64. The SMILES string of the molecule is CCc1ccc(C(=O)NC(=S)Nc2cc(C(=O)OC)ccc2N2CCN(C)CC2)cc1. The molecule has 0 spiro atoms. The number of nitrogens with one attached hydrogen (secondary N) is 2. The number of aryl methyl sites for hydroxylation is 1. The fourth-order valence-electron chi connectivity index (χ4n) is 3.42. The van der Waals surface area contributed by atoms with Crippen molar-refractivity contribution in [2.45, 2.75) is 13.3 Å². The molecule has 0 saturated carbocycles. The van der Waals surface area contributed by atoms with Crippen LogP contribution in [0.15, 0.2) is 42.5 Å². The zero-order valence-electron chi connectivity index (χ0n) is 18.1. The van der Waals surface area contributed by atoms with E-state index in [1.165, 1.54) is 7.11 Å². The summed E-state index contributed by atoms with van der Waals surface area (Å²) in [5, 5.41) is 5.99. The first-order chi connectivity index (χ1) is 14.9. The molecule has 31 heavy (non-hydrogen) atoms. The van der Waals surface area contributed by atoms with Crippen LogP contribution in [0.1, 0.15) is 33.2 Å². The van der Waals surface area contributed by atoms with Crippen LogP contribution in [0, 0.1) is 0 Å². The van der Waals surface area contributed by atoms with E-state index < -0.39 is 5.97 Å². The molecule has 0 bridgehead atoms. The zero-order valence-corrected chi connectivity index (χ0v) is 18.9. The summed E-state index contributed by atoms with van der Waals surface area (Å²) >= 11 is 5.39. The van der Waals surface area contributed by atoms with Crippen molar-refractivity contribution in [3.8, 4) is 0 Å². The van der Waals surface area contributed by atoms with Crippen molar-refractivity contribution < 1.29 is 14.3 Å². The normalized spacial score (nSPS) is 14.1. The predicted molar refractivity (Wildman–Crippen MR) is 127 cm³/mol. The first kappa shape index (κ1) is 22.7. The topological polar surface area (TPSA) is 73.9 Å². The molecule has 7 nitrogen and oxygen atoms in total. The maximum atomic E-state index is 12.6. The number of rotatable bonds is 5. The third-order valence-corrected chi connectivity index (χ3v) is 5.57. The quantitative estimate of drug-likeness (QED) is 0.547. The van der Waals surface area contributed by atoms with Gasteiger partial charge in [-0.15, -0.1) is 0 Å². The monoisotopic (exact) mass is 440 g/mol. The van der Waals surface area contributed by atoms with Crippen molar-refractivity contribution in [1.82, 2.24) is 10.2 Å². The van der Waals surface area contributed by atoms with Crippen LogP contribution in [-0.4, -0.2) is 62.2 Å². The van der Waals surface area contributed by atoms with Gasteiger partial charge in [-0.2, -0.15) is 0 Å². The van der Waals surface area contributed by atoms with Gasteiger partial charge in [-0.1, -0.05) is 19.1 Å². The Hall–Kier alpha value is -2.97. The van der Waals surface area contributed by atoms with Crippen LogP contribution in [0.4, 0.5) is 11.4 Å². The minimum absolute atomic E-state index is 0.168. The fraction of sp³-hybridized carbons (Fsp3) is 0.348. The molecule has 2 aromatic rings. The van der Waals surface area contributed by atoms with E-state index in [1.54, 1.807) is 24.3 Å². The molecule has 0 atom stereocenters. The number of benzene rings is 2. The molecule has 1 aliphatic rings. The molecular weight excluding hydrogens is 412 g/mol. The molecule has 2 aromatic carbocycles. The van der Waals surface area contributed by atoms with Gasteiger partial charge in [0.15, 0.2) is 5.11 Å². The lowest BCUT2D eigenvalue weighted by Crippen LogP contribution is -2.45. The van der Waals surface area contributed by atoms with Crippen molar-refractivity contribution in [3.05, 3.63) is 59.2 Å². The number of ether oxygens (including phenoxy) is 1. The van der Waals surface area contributed by atoms with Gasteiger partial charge in [0.05, 0.1) is 24.0 Å². The molecule has 0 aromatic heterocycles. The molecule has 1 fully saturated rings. The maximum absolute atomic E-state index is 12.6. The van der Waals surface area contributed by atoms with E-state index in [0.29, 0.717) is 16.8 Å². The second-order valence-corrected chi connectivity index (χ2v) is 7.88. The standard InChI is InChI=1S/C23H28N4O3S/c1-4-16-5-7-17(8-6-16)21(28)25-23(31)24-19-15-18(22(29)30-3)9-10-20(19)27-13-11-26(2)12-14-27/h5-10,15H,4,11-14H2,1-3H3,(H2,24,25,28,31). The van der Waals surface area contributed by atoms with Crippen molar-refractivity contribution in [2.24, 2.45) is 0 Å². The van der Waals surface area contributed by atoms with Crippen LogP contribution in [-0.2, 0) is 11.2 Å². The van der Waals surface area contributed by atoms with Gasteiger partial charge in [-0.05, 0) is 61.6 Å². The molecule has 8 heteroatoms. The number of amides is 1. The molecule has 0 unspecified atom stereocenters. The molecule has 1 aliphatic heterocycles. The van der Waals surface area contributed by atoms with Gasteiger partial charge in [0, 0.05) is 31.7 Å². The number of piperazine rings is 1. The van der Waals surface area contributed by atoms with Crippen molar-refractivity contribution in [1.29, 1.82) is 0 Å². The molecule has 0 aliphatic carbocycles. The summed E-state index contributed by atoms with van der Waals surface area (Å²) in [5.74, 6) is -0.718. The van der Waals surface area contributed by atoms with Gasteiger partial charge in [0.25, 0.3) is 5.91 Å². The number of thiocarbonyl (C=S) groups is 1. The van der Waals surface area contributed by atoms with E-state index in [-0.39, 0.29) is 11.0 Å². The van der Waals surface area contributed by atoms with Crippen LogP contribution in [0.3, 0.4) is 0 Å². The summed E-state index contributed by atoms with van der Waals surface area (Å²) in [7, 11) is 3.44. The Balaban J connectivity index is 1.77. The summed E-state index contributed by atoms with van der Waals surface area (Å²) in [5.41, 5.74) is 3.67. The van der Waals surface area contributed by atoms with E-state index in [2.05, 4.69) is 34.4 Å². The van der Waals surface area contributed by atoms with Crippen LogP contribution < -0.4 is 15.5 Å². The number of carbonyl (C=O) groups excluding carboxylic acids is 2. The number of likely N-dealkylation sites (N-methyl/N-ethyl adjacent to an activating group) is 1. The Morgan fingerprint density at radius 1 is 1.03 bits per heavy atom. The number of carbonyl (C=O) groups is 2. The second-order valence-electron chi connectivity index (χ2n) is 7.47. The summed E-state index contributed by atoms with van der Waals surface area (Å²) in [4.78, 5) is 29.1. The minimum atomic E-state index is -0.432. The fourth-order valence-corrected chi connectivity index (χ4v) is 3.63. The molecule has 0 radical (unpaired) electrons. The number of hydrogen-bond acceptors (Lipinski definition) is 6. The Bertz CT molecular complexity index is 954. The first-order valence-electron chi connectivity index (χ1n) is 10.3. The number of esters is 1. The number of nitrogens with zero attached hydrogens (tertiary/aromatic N) is 2. The highest BCUT2D eigenvalue weighted by atomic mass is 32.1. The minimum Gasteiger partial charge on any atom is -0.465 e. The highest BCUT2D eigenvalue weighted by Gasteiger charge is 2.20. The Labute approximate surface area is 188 Å². The van der Waals surface area contributed by atoms with Crippen molar-refractivity contribution in [2.75, 3.05) is 50.6 Å². The Morgan fingerprint density at radius 3 is 2.29 bits per heavy atom. The average molecular weight is 441 g/mol. The average Bonchev–Trinajstić information content (AvgIpc) is 2.79. The van der Waals surface area contributed by atoms with Crippen molar-refractivity contribution in [3.63, 3.8) is 0 Å². The van der Waals surface area contributed by atoms with Gasteiger partial charge < -0.3 is 19.9 Å². The van der Waals surface area contributed by atoms with Gasteiger partial charge in [0.1, 0.15) is 0 Å². The maximum Gasteiger partial charge on any atom is 0.337 e. The van der Waals surface area contributed by atoms with Gasteiger partial charge in [0.2, 0.25) is 0 Å². The van der Waals surface area contributed by atoms with Crippen LogP contribution in [0.2, 0.25) is 0 Å². The van der Waals surface area contributed by atoms with Crippen LogP contribution in [0.5, 0.6) is 0 Å². The van der Waals surface area contributed by atoms with Gasteiger partial charge in [-0.3, -0.25) is 10.1 Å². The molecule has 2 N–H and O–H groups in total. The largest absolute Gasteiger partial charge is 0.465 e. The molecule has 1 heterocycles. The third-order valence-electron chi connectivity index (χ3n) is 5.36. The summed E-state index contributed by atoms with van der Waals surface area (Å²) < 4.78 is 4.85.